The summed E-state index contributed by atoms with van der Waals surface area (Å²) in [5, 5.41) is 16.3. The Morgan fingerprint density at radius 2 is 2.00 bits per heavy atom. The predicted molar refractivity (Wildman–Crippen MR) is 95.2 cm³/mol. The normalized spacial score (nSPS) is 11.7. The van der Waals surface area contributed by atoms with E-state index in [2.05, 4.69) is 25.9 Å². The van der Waals surface area contributed by atoms with E-state index in [0.29, 0.717) is 11.5 Å². The van der Waals surface area contributed by atoms with E-state index in [1.54, 1.807) is 24.3 Å². The van der Waals surface area contributed by atoms with Gasteiger partial charge in [0.1, 0.15) is 11.7 Å². The molecule has 0 spiro atoms. The van der Waals surface area contributed by atoms with Crippen LogP contribution in [0.25, 0.3) is 0 Å². The molecular weight excluding hydrogens is 353 g/mol. The molecule has 1 amide bonds. The quantitative estimate of drug-likeness (QED) is 0.661. The summed E-state index contributed by atoms with van der Waals surface area (Å²) in [6.45, 7) is 0. The fraction of sp³-hybridized carbons (Fsp3) is 0.222. The highest BCUT2D eigenvalue weighted by molar-refractivity contribution is 5.95. The highest BCUT2D eigenvalue weighted by atomic mass is 19.1. The van der Waals surface area contributed by atoms with E-state index in [4.69, 9.17) is 9.47 Å². The number of para-hydroxylation sites is 2. The lowest BCUT2D eigenvalue weighted by molar-refractivity contribution is -0.117. The zero-order chi connectivity index (χ0) is 19.2. The van der Waals surface area contributed by atoms with Crippen molar-refractivity contribution in [2.45, 2.75) is 12.3 Å². The minimum atomic E-state index is -0.815. The number of aromatic nitrogens is 4. The number of benzene rings is 2. The van der Waals surface area contributed by atoms with Crippen LogP contribution in [0, 0.1) is 5.82 Å². The van der Waals surface area contributed by atoms with Gasteiger partial charge in [0.15, 0.2) is 17.3 Å². The molecule has 2 N–H and O–H groups in total. The molecule has 0 aliphatic rings. The molecule has 0 fully saturated rings. The van der Waals surface area contributed by atoms with Crippen molar-refractivity contribution in [1.29, 1.82) is 0 Å². The molecule has 27 heavy (non-hydrogen) atoms. The van der Waals surface area contributed by atoms with Crippen LogP contribution in [0.3, 0.4) is 0 Å². The van der Waals surface area contributed by atoms with Gasteiger partial charge < -0.3 is 14.8 Å². The number of anilines is 1. The largest absolute Gasteiger partial charge is 0.493 e. The van der Waals surface area contributed by atoms with Gasteiger partial charge in [-0.2, -0.15) is 5.21 Å². The topological polar surface area (TPSA) is 102 Å². The number of tetrazole rings is 1. The summed E-state index contributed by atoms with van der Waals surface area (Å²) in [6, 6.07) is 11.3. The molecule has 1 heterocycles. The molecule has 0 aliphatic heterocycles. The van der Waals surface area contributed by atoms with Crippen LogP contribution in [0.1, 0.15) is 17.3 Å². The molecule has 1 aromatic heterocycles. The van der Waals surface area contributed by atoms with Crippen molar-refractivity contribution < 1.29 is 18.7 Å². The number of rotatable bonds is 7. The van der Waals surface area contributed by atoms with Crippen molar-refractivity contribution in [3.8, 4) is 11.5 Å². The Balaban J connectivity index is 1.92. The minimum absolute atomic E-state index is 0.0774. The van der Waals surface area contributed by atoms with Crippen LogP contribution in [0.15, 0.2) is 42.5 Å². The zero-order valence-corrected chi connectivity index (χ0v) is 14.8. The molecule has 0 unspecified atom stereocenters. The van der Waals surface area contributed by atoms with Crippen LogP contribution in [0.2, 0.25) is 0 Å². The van der Waals surface area contributed by atoms with E-state index < -0.39 is 17.6 Å². The van der Waals surface area contributed by atoms with Gasteiger partial charge in [0, 0.05) is 0 Å². The molecule has 0 radical (unpaired) electrons. The van der Waals surface area contributed by atoms with Crippen LogP contribution in [0.4, 0.5) is 10.1 Å². The number of carbonyl (C=O) groups is 1. The Hall–Kier alpha value is -3.49. The Morgan fingerprint density at radius 3 is 2.67 bits per heavy atom. The first-order valence-electron chi connectivity index (χ1n) is 8.12. The van der Waals surface area contributed by atoms with Gasteiger partial charge in [-0.05, 0) is 30.2 Å². The second-order valence-electron chi connectivity index (χ2n) is 5.65. The third-order valence-corrected chi connectivity index (χ3v) is 4.03. The molecule has 140 valence electrons. The summed E-state index contributed by atoms with van der Waals surface area (Å²) in [6.07, 6.45) is 0.209. The Bertz CT molecular complexity index is 917. The molecule has 0 saturated heterocycles. The third kappa shape index (κ3) is 4.02. The van der Waals surface area contributed by atoms with Crippen LogP contribution in [0.5, 0.6) is 11.5 Å². The first-order chi connectivity index (χ1) is 13.1. The van der Waals surface area contributed by atoms with E-state index in [-0.39, 0.29) is 17.9 Å². The van der Waals surface area contributed by atoms with Gasteiger partial charge in [0.25, 0.3) is 0 Å². The van der Waals surface area contributed by atoms with E-state index in [1.807, 2.05) is 6.07 Å². The highest BCUT2D eigenvalue weighted by Gasteiger charge is 2.28. The van der Waals surface area contributed by atoms with Crippen molar-refractivity contribution in [3.05, 3.63) is 59.7 Å². The number of H-pyrrole nitrogens is 1. The summed E-state index contributed by atoms with van der Waals surface area (Å²) in [4.78, 5) is 12.9. The first kappa shape index (κ1) is 18.3. The van der Waals surface area contributed by atoms with Crippen molar-refractivity contribution in [2.24, 2.45) is 0 Å². The second-order valence-corrected chi connectivity index (χ2v) is 5.65. The molecule has 1 atom stereocenters. The maximum Gasteiger partial charge on any atom is 0.235 e. The zero-order valence-electron chi connectivity index (χ0n) is 14.8. The maximum absolute atomic E-state index is 13.9. The van der Waals surface area contributed by atoms with Gasteiger partial charge in [0.2, 0.25) is 5.91 Å². The number of nitrogens with zero attached hydrogens (tertiary/aromatic N) is 3. The number of carbonyl (C=O) groups excluding carboxylic acids is 1. The predicted octanol–water partition coefficient (Wildman–Crippen LogP) is 2.32. The summed E-state index contributed by atoms with van der Waals surface area (Å²) in [7, 11) is 3.05. The van der Waals surface area contributed by atoms with Crippen LogP contribution < -0.4 is 14.8 Å². The lowest BCUT2D eigenvalue weighted by atomic mass is 9.96. The number of hydrogen-bond acceptors (Lipinski definition) is 6. The van der Waals surface area contributed by atoms with Gasteiger partial charge >= 0.3 is 0 Å². The van der Waals surface area contributed by atoms with Crippen molar-refractivity contribution in [3.63, 3.8) is 0 Å². The molecule has 0 saturated carbocycles. The van der Waals surface area contributed by atoms with E-state index in [1.165, 1.54) is 26.4 Å². The Kier molecular flexibility index (Phi) is 5.60. The number of methoxy groups -OCH3 is 2. The second kappa shape index (κ2) is 8.26. The van der Waals surface area contributed by atoms with E-state index >= 15 is 0 Å². The van der Waals surface area contributed by atoms with Crippen molar-refractivity contribution >= 4 is 11.6 Å². The smallest absolute Gasteiger partial charge is 0.235 e. The number of hydrogen-bond donors (Lipinski definition) is 2. The molecule has 0 bridgehead atoms. The average Bonchev–Trinajstić information content (AvgIpc) is 3.21. The fourth-order valence-corrected chi connectivity index (χ4v) is 2.74. The number of halogens is 1. The minimum Gasteiger partial charge on any atom is -0.493 e. The lowest BCUT2D eigenvalue weighted by Crippen LogP contribution is -2.25. The van der Waals surface area contributed by atoms with E-state index in [0.717, 1.165) is 5.56 Å². The molecule has 2 aromatic carbocycles. The number of nitrogens with one attached hydrogen (secondary N) is 2. The summed E-state index contributed by atoms with van der Waals surface area (Å²) >= 11 is 0. The fourth-order valence-electron chi connectivity index (χ4n) is 2.74. The Labute approximate surface area is 154 Å². The van der Waals surface area contributed by atoms with Gasteiger partial charge in [-0.1, -0.05) is 29.5 Å². The van der Waals surface area contributed by atoms with Crippen molar-refractivity contribution in [1.82, 2.24) is 20.6 Å². The molecule has 0 aliphatic carbocycles. The number of ether oxygens (including phenoxy) is 2. The summed E-state index contributed by atoms with van der Waals surface area (Å²) in [5.74, 6) is -0.579. The van der Waals surface area contributed by atoms with Gasteiger partial charge in [-0.15, -0.1) is 10.2 Å². The van der Waals surface area contributed by atoms with Gasteiger partial charge in [0.05, 0.1) is 19.9 Å². The number of amides is 1. The van der Waals surface area contributed by atoms with Gasteiger partial charge in [-0.25, -0.2) is 4.39 Å². The monoisotopic (exact) mass is 371 g/mol. The summed E-state index contributed by atoms with van der Waals surface area (Å²) in [5.41, 5.74) is 0.795. The van der Waals surface area contributed by atoms with Gasteiger partial charge in [-0.3, -0.25) is 4.79 Å². The van der Waals surface area contributed by atoms with Crippen LogP contribution in [-0.4, -0.2) is 40.8 Å². The third-order valence-electron chi connectivity index (χ3n) is 4.03. The molecular formula is C18H18FN5O3. The Morgan fingerprint density at radius 1 is 1.19 bits per heavy atom. The SMILES string of the molecule is COc1cccc(C[C@@H](C(=O)Nc2ccccc2F)c2nn[nH]n2)c1OC. The number of aromatic amines is 1. The molecule has 9 heteroatoms. The van der Waals surface area contributed by atoms with Crippen LogP contribution in [-0.2, 0) is 11.2 Å². The molecule has 8 nitrogen and oxygen atoms in total. The first-order valence-corrected chi connectivity index (χ1v) is 8.12. The maximum atomic E-state index is 13.9. The standard InChI is InChI=1S/C18H18FN5O3/c1-26-15-9-5-6-11(16(15)27-2)10-12(17-21-23-24-22-17)18(25)20-14-8-4-3-7-13(14)19/h3-9,12H,10H2,1-2H3,(H,20,25)(H,21,22,23,24)/t12-/m1/s1. The van der Waals surface area contributed by atoms with Crippen molar-refractivity contribution in [2.75, 3.05) is 19.5 Å². The van der Waals surface area contributed by atoms with E-state index in [9.17, 15) is 9.18 Å². The molecule has 3 rings (SSSR count). The van der Waals surface area contributed by atoms with Crippen LogP contribution >= 0.6 is 0 Å². The highest BCUT2D eigenvalue weighted by Crippen LogP contribution is 2.34. The lowest BCUT2D eigenvalue weighted by Gasteiger charge is -2.17. The summed E-state index contributed by atoms with van der Waals surface area (Å²) < 4.78 is 24.6. The average molecular weight is 371 g/mol. The molecule has 3 aromatic rings.